The Morgan fingerprint density at radius 3 is 2.32 bits per heavy atom. The van der Waals surface area contributed by atoms with Gasteiger partial charge in [-0.2, -0.15) is 4.74 Å². The summed E-state index contributed by atoms with van der Waals surface area (Å²) in [7, 11) is 0. The SMILES string of the molecule is O=C(OC(CN1CCOCC1)Cn1oc(-c2ccccc2)c(Cl)c1=O)c1ccccc1. The zero-order chi connectivity index (χ0) is 21.6. The van der Waals surface area contributed by atoms with Gasteiger partial charge in [-0.3, -0.25) is 9.69 Å². The second kappa shape index (κ2) is 9.96. The Morgan fingerprint density at radius 1 is 1.00 bits per heavy atom. The third-order valence-corrected chi connectivity index (χ3v) is 5.40. The highest BCUT2D eigenvalue weighted by atomic mass is 35.5. The highest BCUT2D eigenvalue weighted by Crippen LogP contribution is 2.25. The van der Waals surface area contributed by atoms with Crippen molar-refractivity contribution in [2.24, 2.45) is 0 Å². The van der Waals surface area contributed by atoms with Gasteiger partial charge in [0.2, 0.25) is 0 Å². The average Bonchev–Trinajstić information content (AvgIpc) is 3.09. The zero-order valence-corrected chi connectivity index (χ0v) is 17.7. The Kier molecular flexibility index (Phi) is 6.86. The number of halogens is 1. The van der Waals surface area contributed by atoms with Crippen LogP contribution in [0.1, 0.15) is 10.4 Å². The predicted octanol–water partition coefficient (Wildman–Crippen LogP) is 3.32. The first-order valence-corrected chi connectivity index (χ1v) is 10.5. The normalized spacial score (nSPS) is 15.5. The van der Waals surface area contributed by atoms with E-state index in [0.717, 1.165) is 17.8 Å². The molecular weight excluding hydrogens is 420 g/mol. The highest BCUT2D eigenvalue weighted by Gasteiger charge is 2.25. The molecule has 3 aromatic rings. The number of esters is 1. The first kappa shape index (κ1) is 21.4. The minimum atomic E-state index is -0.602. The molecule has 0 bridgehead atoms. The van der Waals surface area contributed by atoms with Crippen LogP contribution in [0.5, 0.6) is 0 Å². The van der Waals surface area contributed by atoms with E-state index in [1.54, 1.807) is 24.3 Å². The lowest BCUT2D eigenvalue weighted by molar-refractivity contribution is -0.0137. The molecule has 1 aromatic heterocycles. The third kappa shape index (κ3) is 5.25. The molecule has 7 nitrogen and oxygen atoms in total. The van der Waals surface area contributed by atoms with Gasteiger partial charge in [0.1, 0.15) is 6.10 Å². The number of benzene rings is 2. The van der Waals surface area contributed by atoms with Gasteiger partial charge in [0.05, 0.1) is 25.3 Å². The summed E-state index contributed by atoms with van der Waals surface area (Å²) < 4.78 is 18.1. The largest absolute Gasteiger partial charge is 0.455 e. The van der Waals surface area contributed by atoms with Crippen LogP contribution < -0.4 is 5.56 Å². The molecule has 0 saturated carbocycles. The molecular formula is C23H23ClN2O5. The van der Waals surface area contributed by atoms with E-state index in [9.17, 15) is 9.59 Å². The molecule has 1 atom stereocenters. The Balaban J connectivity index is 1.56. The van der Waals surface area contributed by atoms with Gasteiger partial charge >= 0.3 is 11.5 Å². The van der Waals surface area contributed by atoms with Crippen LogP contribution in [0, 0.1) is 0 Å². The van der Waals surface area contributed by atoms with Crippen molar-refractivity contribution in [3.63, 3.8) is 0 Å². The number of hydrogen-bond donors (Lipinski definition) is 0. The first-order chi connectivity index (χ1) is 15.1. The summed E-state index contributed by atoms with van der Waals surface area (Å²) in [6.07, 6.45) is -0.602. The summed E-state index contributed by atoms with van der Waals surface area (Å²) in [6, 6.07) is 17.9. The molecule has 0 aliphatic carbocycles. The fraction of sp³-hybridized carbons (Fsp3) is 0.304. The van der Waals surface area contributed by atoms with E-state index in [4.69, 9.17) is 25.6 Å². The van der Waals surface area contributed by atoms with E-state index in [0.29, 0.717) is 36.6 Å². The quantitative estimate of drug-likeness (QED) is 0.522. The molecule has 0 N–H and O–H groups in total. The van der Waals surface area contributed by atoms with Crippen molar-refractivity contribution >= 4 is 17.6 Å². The maximum Gasteiger partial charge on any atom is 0.338 e. The van der Waals surface area contributed by atoms with E-state index in [1.165, 1.54) is 0 Å². The molecule has 1 aliphatic heterocycles. The maximum atomic E-state index is 12.7. The van der Waals surface area contributed by atoms with E-state index >= 15 is 0 Å². The fourth-order valence-corrected chi connectivity index (χ4v) is 3.71. The van der Waals surface area contributed by atoms with Gasteiger partial charge in [0.25, 0.3) is 0 Å². The number of ether oxygens (including phenoxy) is 2. The number of nitrogens with zero attached hydrogens (tertiary/aromatic N) is 2. The maximum absolute atomic E-state index is 12.7. The third-order valence-electron chi connectivity index (χ3n) is 5.07. The molecule has 0 spiro atoms. The number of rotatable bonds is 7. The molecule has 2 aromatic carbocycles. The predicted molar refractivity (Wildman–Crippen MR) is 116 cm³/mol. The number of hydrogen-bond acceptors (Lipinski definition) is 6. The van der Waals surface area contributed by atoms with Gasteiger partial charge in [-0.15, -0.1) is 0 Å². The molecule has 1 fully saturated rings. The summed E-state index contributed by atoms with van der Waals surface area (Å²) in [5.41, 5.74) is 0.696. The monoisotopic (exact) mass is 442 g/mol. The number of morpholine rings is 1. The van der Waals surface area contributed by atoms with Crippen LogP contribution in [0.25, 0.3) is 11.3 Å². The molecule has 31 heavy (non-hydrogen) atoms. The van der Waals surface area contributed by atoms with E-state index < -0.39 is 17.6 Å². The Hall–Kier alpha value is -2.87. The van der Waals surface area contributed by atoms with Gasteiger partial charge in [0, 0.05) is 25.2 Å². The number of carbonyl (C=O) groups is 1. The van der Waals surface area contributed by atoms with Gasteiger partial charge < -0.3 is 14.0 Å². The molecule has 8 heteroatoms. The van der Waals surface area contributed by atoms with Gasteiger partial charge in [-0.25, -0.2) is 4.79 Å². The van der Waals surface area contributed by atoms with Crippen LogP contribution in [0.4, 0.5) is 0 Å². The van der Waals surface area contributed by atoms with Crippen LogP contribution in [0.2, 0.25) is 5.02 Å². The Morgan fingerprint density at radius 2 is 1.65 bits per heavy atom. The second-order valence-electron chi connectivity index (χ2n) is 7.27. The van der Waals surface area contributed by atoms with E-state index in [2.05, 4.69) is 4.90 Å². The molecule has 1 saturated heterocycles. The first-order valence-electron chi connectivity index (χ1n) is 10.1. The van der Waals surface area contributed by atoms with Crippen molar-refractivity contribution < 1.29 is 18.8 Å². The van der Waals surface area contributed by atoms with Crippen LogP contribution in [-0.2, 0) is 16.0 Å². The van der Waals surface area contributed by atoms with Crippen molar-refractivity contribution in [3.8, 4) is 11.3 Å². The molecule has 0 radical (unpaired) electrons. The van der Waals surface area contributed by atoms with Crippen LogP contribution in [0.3, 0.4) is 0 Å². The minimum Gasteiger partial charge on any atom is -0.455 e. The van der Waals surface area contributed by atoms with Crippen LogP contribution >= 0.6 is 11.6 Å². The number of carbonyl (C=O) groups excluding carboxylic acids is 1. The van der Waals surface area contributed by atoms with Crippen molar-refractivity contribution in [1.82, 2.24) is 9.64 Å². The zero-order valence-electron chi connectivity index (χ0n) is 16.9. The van der Waals surface area contributed by atoms with E-state index in [-0.39, 0.29) is 11.6 Å². The molecule has 1 unspecified atom stereocenters. The highest BCUT2D eigenvalue weighted by molar-refractivity contribution is 6.32. The van der Waals surface area contributed by atoms with E-state index in [1.807, 2.05) is 36.4 Å². The molecule has 162 valence electrons. The summed E-state index contributed by atoms with van der Waals surface area (Å²) in [4.78, 5) is 27.5. The Bertz CT molecular complexity index is 1060. The lowest BCUT2D eigenvalue weighted by Crippen LogP contribution is -2.44. The van der Waals surface area contributed by atoms with Crippen molar-refractivity contribution in [3.05, 3.63) is 81.6 Å². The van der Waals surface area contributed by atoms with Crippen molar-refractivity contribution in [1.29, 1.82) is 0 Å². The summed E-state index contributed by atoms with van der Waals surface area (Å²) in [6.45, 7) is 3.19. The van der Waals surface area contributed by atoms with Crippen LogP contribution in [0.15, 0.2) is 70.0 Å². The summed E-state index contributed by atoms with van der Waals surface area (Å²) in [5.74, 6) is -0.153. The van der Waals surface area contributed by atoms with Gasteiger partial charge in [0.15, 0.2) is 10.8 Å². The minimum absolute atomic E-state index is 0.00529. The average molecular weight is 443 g/mol. The van der Waals surface area contributed by atoms with Crippen molar-refractivity contribution in [2.45, 2.75) is 12.6 Å². The topological polar surface area (TPSA) is 73.9 Å². The molecule has 2 heterocycles. The summed E-state index contributed by atoms with van der Waals surface area (Å²) in [5, 5.41) is 0.00529. The van der Waals surface area contributed by atoms with Crippen molar-refractivity contribution in [2.75, 3.05) is 32.8 Å². The van der Waals surface area contributed by atoms with Crippen LogP contribution in [-0.4, -0.2) is 54.6 Å². The summed E-state index contributed by atoms with van der Waals surface area (Å²) >= 11 is 6.26. The number of aromatic nitrogens is 1. The Labute approximate surface area is 184 Å². The van der Waals surface area contributed by atoms with Gasteiger partial charge in [-0.1, -0.05) is 60.1 Å². The molecule has 4 rings (SSSR count). The lowest BCUT2D eigenvalue weighted by atomic mass is 10.2. The van der Waals surface area contributed by atoms with Gasteiger partial charge in [-0.05, 0) is 12.1 Å². The standard InChI is InChI=1S/C23H23ClN2O5/c24-20-21(17-7-3-1-4-8-17)31-26(22(20)27)16-19(15-25-11-13-29-14-12-25)30-23(28)18-9-5-2-6-10-18/h1-10,19H,11-16H2. The molecule has 1 aliphatic rings. The molecule has 0 amide bonds. The lowest BCUT2D eigenvalue weighted by Gasteiger charge is -2.30. The smallest absolute Gasteiger partial charge is 0.338 e. The second-order valence-corrected chi connectivity index (χ2v) is 7.65. The fourth-order valence-electron chi connectivity index (χ4n) is 3.47.